The van der Waals surface area contributed by atoms with Crippen LogP contribution in [0.1, 0.15) is 12.8 Å². The first-order valence-electron chi connectivity index (χ1n) is 2.58. The summed E-state index contributed by atoms with van der Waals surface area (Å²) in [6.45, 7) is 0. The molecule has 1 aliphatic carbocycles. The lowest BCUT2D eigenvalue weighted by Gasteiger charge is -2.03. The minimum Gasteiger partial charge on any atom is -0.295 e. The van der Waals surface area contributed by atoms with Gasteiger partial charge < -0.3 is 0 Å². The van der Waals surface area contributed by atoms with Crippen molar-refractivity contribution in [1.82, 2.24) is 0 Å². The third kappa shape index (κ3) is 1.51. The molecule has 0 aromatic rings. The summed E-state index contributed by atoms with van der Waals surface area (Å²) in [5.41, 5.74) is 0. The van der Waals surface area contributed by atoms with Gasteiger partial charge in [-0.1, -0.05) is 23.2 Å². The lowest BCUT2D eigenvalue weighted by atomic mass is 10.3. The molecule has 0 amide bonds. The normalized spacial score (nSPS) is 22.2. The Kier molecular flexibility index (Phi) is 1.95. The molecule has 1 nitrogen and oxygen atoms in total. The Bertz CT molecular complexity index is 139. The summed E-state index contributed by atoms with van der Waals surface area (Å²) in [4.78, 5) is 9.18. The summed E-state index contributed by atoms with van der Waals surface area (Å²) in [6.07, 6.45) is 1.42. The van der Waals surface area contributed by atoms with Gasteiger partial charge in [0.1, 0.15) is 4.87 Å². The van der Waals surface area contributed by atoms with Gasteiger partial charge in [0.15, 0.2) is 10.6 Å². The first-order chi connectivity index (χ1) is 4.06. The minimum absolute atomic E-state index is 0.257. The van der Waals surface area contributed by atoms with Crippen molar-refractivity contribution in [3.05, 3.63) is 0 Å². The zero-order valence-electron chi connectivity index (χ0n) is 4.53. The van der Waals surface area contributed by atoms with E-state index in [0.717, 1.165) is 0 Å². The number of hydrogen-bond acceptors (Lipinski definition) is 1. The van der Waals surface area contributed by atoms with Crippen LogP contribution >= 0.6 is 34.8 Å². The fourth-order valence-corrected chi connectivity index (χ4v) is 1.28. The van der Waals surface area contributed by atoms with E-state index >= 15 is 0 Å². The monoisotopic (exact) mass is 186 g/mol. The van der Waals surface area contributed by atoms with Gasteiger partial charge in [-0.15, -0.1) is 11.6 Å². The van der Waals surface area contributed by atoms with E-state index in [1.54, 1.807) is 0 Å². The maximum Gasteiger partial charge on any atom is 0.186 e. The van der Waals surface area contributed by atoms with E-state index < -0.39 is 9.71 Å². The largest absolute Gasteiger partial charge is 0.295 e. The van der Waals surface area contributed by atoms with Crippen molar-refractivity contribution in [3.8, 4) is 0 Å². The molecule has 1 rings (SSSR count). The zero-order chi connectivity index (χ0) is 7.07. The predicted octanol–water partition coefficient (Wildman–Crippen LogP) is 2.13. The van der Waals surface area contributed by atoms with E-state index in [1.807, 2.05) is 0 Å². The van der Waals surface area contributed by atoms with Crippen LogP contribution in [0.4, 0.5) is 0 Å². The third-order valence-electron chi connectivity index (χ3n) is 1.33. The van der Waals surface area contributed by atoms with E-state index in [2.05, 4.69) is 0 Å². The highest BCUT2D eigenvalue weighted by Crippen LogP contribution is 2.45. The Hall–Kier alpha value is 0.540. The Labute approximate surface area is 68.3 Å². The van der Waals surface area contributed by atoms with E-state index in [0.29, 0.717) is 12.8 Å². The number of ketones is 1. The highest BCUT2D eigenvalue weighted by molar-refractivity contribution is 6.58. The molecule has 0 aliphatic heterocycles. The summed E-state index contributed by atoms with van der Waals surface area (Å²) in [7, 11) is 0. The van der Waals surface area contributed by atoms with E-state index in [9.17, 15) is 4.79 Å². The Morgan fingerprint density at radius 3 is 2.00 bits per heavy atom. The molecule has 0 atom stereocenters. The van der Waals surface area contributed by atoms with Gasteiger partial charge in [0.2, 0.25) is 0 Å². The molecule has 0 radical (unpaired) electrons. The SMILES string of the molecule is O=C(C(Cl)Cl)C1(Cl)CC1. The summed E-state index contributed by atoms with van der Waals surface area (Å²) in [5, 5.41) is 0. The molecule has 1 fully saturated rings. The second kappa shape index (κ2) is 2.30. The molecule has 0 saturated heterocycles. The summed E-state index contributed by atoms with van der Waals surface area (Å²) >= 11 is 16.2. The third-order valence-corrected chi connectivity index (χ3v) is 2.29. The fraction of sp³-hybridized carbons (Fsp3) is 0.800. The number of hydrogen-bond donors (Lipinski definition) is 0. The Balaban J connectivity index is 2.53. The molecule has 52 valence electrons. The number of alkyl halides is 3. The molecule has 0 bridgehead atoms. The zero-order valence-corrected chi connectivity index (χ0v) is 6.80. The number of carbonyl (C=O) groups is 1. The second-order valence-corrected chi connectivity index (χ2v) is 3.95. The van der Waals surface area contributed by atoms with E-state index in [-0.39, 0.29) is 5.78 Å². The topological polar surface area (TPSA) is 17.1 Å². The average molecular weight is 187 g/mol. The van der Waals surface area contributed by atoms with Gasteiger partial charge in [-0.2, -0.15) is 0 Å². The van der Waals surface area contributed by atoms with Gasteiger partial charge in [-0.05, 0) is 12.8 Å². The van der Waals surface area contributed by atoms with Crippen LogP contribution in [0.5, 0.6) is 0 Å². The summed E-state index contributed by atoms with van der Waals surface area (Å²) < 4.78 is 0. The molecule has 0 spiro atoms. The van der Waals surface area contributed by atoms with Gasteiger partial charge in [-0.25, -0.2) is 0 Å². The Morgan fingerprint density at radius 2 is 1.89 bits per heavy atom. The van der Waals surface area contributed by atoms with Crippen LogP contribution in [0.3, 0.4) is 0 Å². The van der Waals surface area contributed by atoms with Crippen molar-refractivity contribution in [2.45, 2.75) is 22.6 Å². The highest BCUT2D eigenvalue weighted by atomic mass is 35.5. The van der Waals surface area contributed by atoms with Crippen molar-refractivity contribution in [3.63, 3.8) is 0 Å². The van der Waals surface area contributed by atoms with Crippen molar-refractivity contribution in [2.75, 3.05) is 0 Å². The second-order valence-electron chi connectivity index (χ2n) is 2.13. The fourth-order valence-electron chi connectivity index (χ4n) is 0.552. The van der Waals surface area contributed by atoms with Crippen LogP contribution < -0.4 is 0 Å². The average Bonchev–Trinajstić information content (AvgIpc) is 2.47. The highest BCUT2D eigenvalue weighted by Gasteiger charge is 2.49. The quantitative estimate of drug-likeness (QED) is 0.605. The van der Waals surface area contributed by atoms with Crippen molar-refractivity contribution in [1.29, 1.82) is 0 Å². The molecular weight excluding hydrogens is 182 g/mol. The molecule has 0 aromatic heterocycles. The van der Waals surface area contributed by atoms with Crippen LogP contribution in [0, 0.1) is 0 Å². The van der Waals surface area contributed by atoms with Crippen LogP contribution in [0.25, 0.3) is 0 Å². The van der Waals surface area contributed by atoms with Gasteiger partial charge >= 0.3 is 0 Å². The van der Waals surface area contributed by atoms with Gasteiger partial charge in [0.05, 0.1) is 0 Å². The lowest BCUT2D eigenvalue weighted by Crippen LogP contribution is -2.21. The first-order valence-corrected chi connectivity index (χ1v) is 3.83. The maximum absolute atomic E-state index is 10.8. The van der Waals surface area contributed by atoms with E-state index in [4.69, 9.17) is 34.8 Å². The molecule has 0 N–H and O–H groups in total. The van der Waals surface area contributed by atoms with Crippen molar-refractivity contribution < 1.29 is 4.79 Å². The summed E-state index contributed by atoms with van der Waals surface area (Å²) in [6, 6.07) is 0. The molecule has 9 heavy (non-hydrogen) atoms. The van der Waals surface area contributed by atoms with Crippen LogP contribution in [0.2, 0.25) is 0 Å². The first kappa shape index (κ1) is 7.64. The molecule has 0 aromatic carbocycles. The smallest absolute Gasteiger partial charge is 0.186 e. The Morgan fingerprint density at radius 1 is 1.44 bits per heavy atom. The number of carbonyl (C=O) groups excluding carboxylic acids is 1. The lowest BCUT2D eigenvalue weighted by molar-refractivity contribution is -0.117. The van der Waals surface area contributed by atoms with Crippen LogP contribution in [0.15, 0.2) is 0 Å². The standard InChI is InChI=1S/C5H5Cl3O/c6-4(7)3(9)5(8)1-2-5/h4H,1-2H2. The van der Waals surface area contributed by atoms with Gasteiger partial charge in [0, 0.05) is 0 Å². The number of Topliss-reactive ketones (excluding diaryl/α,β-unsaturated/α-hetero) is 1. The number of rotatable bonds is 2. The van der Waals surface area contributed by atoms with Crippen LogP contribution in [-0.2, 0) is 4.79 Å². The predicted molar refractivity (Wildman–Crippen MR) is 38.3 cm³/mol. The molecule has 1 aliphatic rings. The molecule has 0 unspecified atom stereocenters. The number of halogens is 3. The van der Waals surface area contributed by atoms with Gasteiger partial charge in [0.25, 0.3) is 0 Å². The molecule has 4 heteroatoms. The summed E-state index contributed by atoms with van der Waals surface area (Å²) in [5.74, 6) is -0.257. The molecule has 0 heterocycles. The molecule has 1 saturated carbocycles. The maximum atomic E-state index is 10.8. The van der Waals surface area contributed by atoms with Gasteiger partial charge in [-0.3, -0.25) is 4.79 Å². The van der Waals surface area contributed by atoms with Crippen molar-refractivity contribution in [2.24, 2.45) is 0 Å². The molecular formula is C5H5Cl3O. The van der Waals surface area contributed by atoms with Crippen LogP contribution in [-0.4, -0.2) is 15.5 Å². The minimum atomic E-state index is -0.954. The van der Waals surface area contributed by atoms with Crippen molar-refractivity contribution >= 4 is 40.6 Å². The van der Waals surface area contributed by atoms with E-state index in [1.165, 1.54) is 0 Å².